The molecule has 2 N–H and O–H groups in total. The molecule has 1 aromatic carbocycles. The van der Waals surface area contributed by atoms with Crippen LogP contribution in [0.2, 0.25) is 19.6 Å². The van der Waals surface area contributed by atoms with Crippen LogP contribution < -0.4 is 10.9 Å². The van der Waals surface area contributed by atoms with E-state index in [2.05, 4.69) is 43.9 Å². The lowest BCUT2D eigenvalue weighted by molar-refractivity contribution is 1.07. The first kappa shape index (κ1) is 9.48. The van der Waals surface area contributed by atoms with Gasteiger partial charge in [-0.1, -0.05) is 49.1 Å². The predicted molar refractivity (Wildman–Crippen MR) is 57.3 cm³/mol. The van der Waals surface area contributed by atoms with Gasteiger partial charge in [0.05, 0.1) is 8.07 Å². The normalized spacial score (nSPS) is 11.7. The molecule has 0 radical (unpaired) electrons. The summed E-state index contributed by atoms with van der Waals surface area (Å²) in [5.74, 6) is 0. The summed E-state index contributed by atoms with van der Waals surface area (Å²) in [5.41, 5.74) is 6.74. The van der Waals surface area contributed by atoms with Gasteiger partial charge in [0.25, 0.3) is 0 Å². The third-order valence-electron chi connectivity index (χ3n) is 2.06. The summed E-state index contributed by atoms with van der Waals surface area (Å²) in [7, 11) is -1.11. The maximum absolute atomic E-state index is 5.52. The summed E-state index contributed by atoms with van der Waals surface area (Å²) < 4.78 is 0. The average Bonchev–Trinajstić information content (AvgIpc) is 2.03. The SMILES string of the molecule is C[Si](C)(C)c1ccc(CN)cc1. The zero-order chi connectivity index (χ0) is 9.19. The first-order chi connectivity index (χ1) is 5.54. The number of hydrogen-bond donors (Lipinski definition) is 1. The van der Waals surface area contributed by atoms with Crippen LogP contribution in [0.3, 0.4) is 0 Å². The highest BCUT2D eigenvalue weighted by Gasteiger charge is 2.15. The molecule has 0 aliphatic carbocycles. The van der Waals surface area contributed by atoms with E-state index < -0.39 is 8.07 Å². The van der Waals surface area contributed by atoms with Crippen LogP contribution in [0, 0.1) is 0 Å². The molecular formula is C10H17NSi. The Morgan fingerprint density at radius 1 is 1.08 bits per heavy atom. The van der Waals surface area contributed by atoms with Crippen molar-refractivity contribution in [2.75, 3.05) is 0 Å². The highest BCUT2D eigenvalue weighted by molar-refractivity contribution is 6.88. The molecule has 0 saturated carbocycles. The van der Waals surface area contributed by atoms with Gasteiger partial charge in [0.2, 0.25) is 0 Å². The zero-order valence-electron chi connectivity index (χ0n) is 8.09. The Balaban J connectivity index is 2.93. The van der Waals surface area contributed by atoms with Gasteiger partial charge in [0, 0.05) is 6.54 Å². The summed E-state index contributed by atoms with van der Waals surface area (Å²) in [5, 5.41) is 1.50. The van der Waals surface area contributed by atoms with E-state index in [1.54, 1.807) is 0 Å². The molecule has 1 rings (SSSR count). The van der Waals surface area contributed by atoms with Crippen molar-refractivity contribution in [1.82, 2.24) is 0 Å². The summed E-state index contributed by atoms with van der Waals surface area (Å²) >= 11 is 0. The first-order valence-corrected chi connectivity index (χ1v) is 7.83. The smallest absolute Gasteiger partial charge is 0.0775 e. The van der Waals surface area contributed by atoms with E-state index in [-0.39, 0.29) is 0 Å². The van der Waals surface area contributed by atoms with Crippen LogP contribution >= 0.6 is 0 Å². The standard InChI is InChI=1S/C10H17NSi/c1-12(2,3)10-6-4-9(8-11)5-7-10/h4-7H,8,11H2,1-3H3. The lowest BCUT2D eigenvalue weighted by Gasteiger charge is -2.16. The second kappa shape index (κ2) is 3.41. The Morgan fingerprint density at radius 3 is 1.92 bits per heavy atom. The van der Waals surface area contributed by atoms with Gasteiger partial charge in [-0.25, -0.2) is 0 Å². The van der Waals surface area contributed by atoms with Gasteiger partial charge >= 0.3 is 0 Å². The van der Waals surface area contributed by atoms with E-state index in [1.807, 2.05) is 0 Å². The minimum Gasteiger partial charge on any atom is -0.326 e. The predicted octanol–water partition coefficient (Wildman–Crippen LogP) is 1.69. The van der Waals surface area contributed by atoms with Crippen LogP contribution in [0.25, 0.3) is 0 Å². The van der Waals surface area contributed by atoms with E-state index in [4.69, 9.17) is 5.73 Å². The molecule has 66 valence electrons. The van der Waals surface area contributed by atoms with Crippen molar-refractivity contribution in [3.05, 3.63) is 29.8 Å². The highest BCUT2D eigenvalue weighted by atomic mass is 28.3. The molecule has 12 heavy (non-hydrogen) atoms. The molecular weight excluding hydrogens is 162 g/mol. The van der Waals surface area contributed by atoms with Crippen LogP contribution in [0.1, 0.15) is 5.56 Å². The van der Waals surface area contributed by atoms with Gasteiger partial charge in [0.15, 0.2) is 0 Å². The monoisotopic (exact) mass is 179 g/mol. The molecule has 2 heteroatoms. The first-order valence-electron chi connectivity index (χ1n) is 4.33. The third kappa shape index (κ3) is 2.19. The zero-order valence-corrected chi connectivity index (χ0v) is 9.09. The molecule has 0 spiro atoms. The van der Waals surface area contributed by atoms with Crippen molar-refractivity contribution in [3.63, 3.8) is 0 Å². The van der Waals surface area contributed by atoms with E-state index in [9.17, 15) is 0 Å². The largest absolute Gasteiger partial charge is 0.326 e. The van der Waals surface area contributed by atoms with Crippen molar-refractivity contribution in [2.24, 2.45) is 5.73 Å². The van der Waals surface area contributed by atoms with E-state index in [0.717, 1.165) is 0 Å². The molecule has 0 saturated heterocycles. The quantitative estimate of drug-likeness (QED) is 0.687. The van der Waals surface area contributed by atoms with E-state index in [1.165, 1.54) is 10.8 Å². The Hall–Kier alpha value is -0.603. The number of nitrogens with two attached hydrogens (primary N) is 1. The lowest BCUT2D eigenvalue weighted by atomic mass is 10.2. The molecule has 1 nitrogen and oxygen atoms in total. The summed E-state index contributed by atoms with van der Waals surface area (Å²) in [6.45, 7) is 7.70. The number of rotatable bonds is 2. The van der Waals surface area contributed by atoms with Gasteiger partial charge in [-0.15, -0.1) is 0 Å². The maximum atomic E-state index is 5.52. The van der Waals surface area contributed by atoms with E-state index >= 15 is 0 Å². The summed E-state index contributed by atoms with van der Waals surface area (Å²) in [4.78, 5) is 0. The second-order valence-corrected chi connectivity index (χ2v) is 9.23. The minimum atomic E-state index is -1.11. The molecule has 0 aliphatic rings. The third-order valence-corrected chi connectivity index (χ3v) is 4.12. The molecule has 0 aromatic heterocycles. The second-order valence-electron chi connectivity index (χ2n) is 4.15. The Labute approximate surface area is 75.6 Å². The Morgan fingerprint density at radius 2 is 1.58 bits per heavy atom. The molecule has 0 aliphatic heterocycles. The Kier molecular flexibility index (Phi) is 2.70. The Bertz CT molecular complexity index is 246. The average molecular weight is 179 g/mol. The van der Waals surface area contributed by atoms with E-state index in [0.29, 0.717) is 6.54 Å². The maximum Gasteiger partial charge on any atom is 0.0775 e. The van der Waals surface area contributed by atoms with Crippen molar-refractivity contribution in [3.8, 4) is 0 Å². The van der Waals surface area contributed by atoms with Crippen LogP contribution in [-0.4, -0.2) is 8.07 Å². The molecule has 0 unspecified atom stereocenters. The molecule has 0 heterocycles. The van der Waals surface area contributed by atoms with Gasteiger partial charge < -0.3 is 5.73 Å². The number of benzene rings is 1. The van der Waals surface area contributed by atoms with Gasteiger partial charge in [-0.2, -0.15) is 0 Å². The van der Waals surface area contributed by atoms with Crippen molar-refractivity contribution < 1.29 is 0 Å². The fraction of sp³-hybridized carbons (Fsp3) is 0.400. The topological polar surface area (TPSA) is 26.0 Å². The van der Waals surface area contributed by atoms with Gasteiger partial charge in [-0.05, 0) is 5.56 Å². The molecule has 1 aromatic rings. The van der Waals surface area contributed by atoms with Crippen LogP contribution in [0.5, 0.6) is 0 Å². The van der Waals surface area contributed by atoms with Crippen molar-refractivity contribution >= 4 is 13.3 Å². The summed E-state index contributed by atoms with van der Waals surface area (Å²) in [6.07, 6.45) is 0. The highest BCUT2D eigenvalue weighted by Crippen LogP contribution is 2.03. The van der Waals surface area contributed by atoms with Crippen LogP contribution in [-0.2, 0) is 6.54 Å². The van der Waals surface area contributed by atoms with Crippen molar-refractivity contribution in [2.45, 2.75) is 26.2 Å². The lowest BCUT2D eigenvalue weighted by Crippen LogP contribution is -2.37. The molecule has 0 bridgehead atoms. The fourth-order valence-electron chi connectivity index (χ4n) is 1.14. The molecule has 0 fully saturated rings. The minimum absolute atomic E-state index is 0.645. The molecule has 0 atom stereocenters. The van der Waals surface area contributed by atoms with Crippen LogP contribution in [0.15, 0.2) is 24.3 Å². The fourth-order valence-corrected chi connectivity index (χ4v) is 2.31. The van der Waals surface area contributed by atoms with Gasteiger partial charge in [0.1, 0.15) is 0 Å². The summed E-state index contributed by atoms with van der Waals surface area (Å²) in [6, 6.07) is 8.70. The van der Waals surface area contributed by atoms with Gasteiger partial charge in [-0.3, -0.25) is 0 Å². The van der Waals surface area contributed by atoms with Crippen molar-refractivity contribution in [1.29, 1.82) is 0 Å². The molecule has 0 amide bonds. The number of hydrogen-bond acceptors (Lipinski definition) is 1. The van der Waals surface area contributed by atoms with Crippen LogP contribution in [0.4, 0.5) is 0 Å².